The van der Waals surface area contributed by atoms with Crippen molar-refractivity contribution < 1.29 is 8.42 Å². The van der Waals surface area contributed by atoms with Crippen LogP contribution in [0.4, 0.5) is 0 Å². The van der Waals surface area contributed by atoms with Gasteiger partial charge in [0.2, 0.25) is 0 Å². The van der Waals surface area contributed by atoms with Crippen molar-refractivity contribution in [2.45, 2.75) is 17.9 Å². The van der Waals surface area contributed by atoms with E-state index in [2.05, 4.69) is 16.1 Å². The quantitative estimate of drug-likeness (QED) is 0.758. The summed E-state index contributed by atoms with van der Waals surface area (Å²) in [6.07, 6.45) is 8.77. The first-order valence-electron chi connectivity index (χ1n) is 5.07. The normalized spacial score (nSPS) is 16.2. The topological polar surface area (TPSA) is 66.1 Å². The fourth-order valence-corrected chi connectivity index (χ4v) is 2.79. The van der Waals surface area contributed by atoms with Gasteiger partial charge in [0.1, 0.15) is 0 Å². The molecular weight excluding hydrogens is 226 g/mol. The van der Waals surface area contributed by atoms with Gasteiger partial charge < -0.3 is 0 Å². The molecule has 1 N–H and O–H groups in total. The zero-order chi connectivity index (χ0) is 11.6. The third-order valence-electron chi connectivity index (χ3n) is 2.52. The Morgan fingerprint density at radius 2 is 2.38 bits per heavy atom. The van der Waals surface area contributed by atoms with Gasteiger partial charge in [-0.2, -0.15) is 9.40 Å². The number of terminal acetylenes is 1. The highest BCUT2D eigenvalue weighted by molar-refractivity contribution is 7.89. The second-order valence-electron chi connectivity index (χ2n) is 3.87. The molecule has 1 aromatic rings. The number of H-pyrrole nitrogens is 1. The number of nitrogens with one attached hydrogen (secondary N) is 1. The summed E-state index contributed by atoms with van der Waals surface area (Å²) in [5.74, 6) is 2.85. The fourth-order valence-electron chi connectivity index (χ4n) is 1.46. The summed E-state index contributed by atoms with van der Waals surface area (Å²) >= 11 is 0. The predicted octanol–water partition coefficient (Wildman–Crippen LogP) is 0.444. The number of sulfonamides is 1. The van der Waals surface area contributed by atoms with E-state index in [0.717, 1.165) is 12.8 Å². The van der Waals surface area contributed by atoms with Gasteiger partial charge in [-0.1, -0.05) is 5.92 Å². The highest BCUT2D eigenvalue weighted by Gasteiger charge is 2.31. The second-order valence-corrected chi connectivity index (χ2v) is 5.77. The molecule has 0 unspecified atom stereocenters. The molecule has 0 aromatic carbocycles. The zero-order valence-corrected chi connectivity index (χ0v) is 9.57. The van der Waals surface area contributed by atoms with E-state index < -0.39 is 10.0 Å². The Kier molecular flexibility index (Phi) is 2.99. The van der Waals surface area contributed by atoms with Crippen LogP contribution in [0.5, 0.6) is 0 Å². The van der Waals surface area contributed by atoms with E-state index in [-0.39, 0.29) is 11.6 Å². The first kappa shape index (κ1) is 11.2. The van der Waals surface area contributed by atoms with Gasteiger partial charge in [-0.15, -0.1) is 6.42 Å². The number of hydrogen-bond acceptors (Lipinski definition) is 3. The third kappa shape index (κ3) is 2.26. The van der Waals surface area contributed by atoms with Crippen LogP contribution in [-0.2, 0) is 10.0 Å². The Morgan fingerprint density at radius 1 is 1.62 bits per heavy atom. The van der Waals surface area contributed by atoms with Crippen molar-refractivity contribution in [2.24, 2.45) is 5.92 Å². The SMILES string of the molecule is C#CCN(CC1CC1)S(=O)(=O)c1ccn[nH]1. The standard InChI is InChI=1S/C10H13N3O2S/c1-2-7-13(8-9-3-4-9)16(14,15)10-5-6-11-12-10/h1,5-6,9H,3-4,7-8H2,(H,11,12). The number of hydrogen-bond donors (Lipinski definition) is 1. The zero-order valence-electron chi connectivity index (χ0n) is 8.76. The van der Waals surface area contributed by atoms with Crippen molar-refractivity contribution in [1.29, 1.82) is 0 Å². The molecule has 1 fully saturated rings. The lowest BCUT2D eigenvalue weighted by Crippen LogP contribution is -2.33. The molecule has 1 aliphatic carbocycles. The maximum Gasteiger partial charge on any atom is 0.260 e. The Morgan fingerprint density at radius 3 is 2.88 bits per heavy atom. The number of aromatic amines is 1. The van der Waals surface area contributed by atoms with Crippen LogP contribution in [0.1, 0.15) is 12.8 Å². The molecule has 0 radical (unpaired) electrons. The van der Waals surface area contributed by atoms with Crippen molar-refractivity contribution in [3.8, 4) is 12.3 Å². The number of nitrogens with zero attached hydrogens (tertiary/aromatic N) is 2. The largest absolute Gasteiger partial charge is 0.266 e. The summed E-state index contributed by atoms with van der Waals surface area (Å²) in [4.78, 5) is 0. The molecule has 0 amide bonds. The average molecular weight is 239 g/mol. The van der Waals surface area contributed by atoms with E-state index in [1.165, 1.54) is 16.6 Å². The monoisotopic (exact) mass is 239 g/mol. The number of aromatic nitrogens is 2. The molecule has 1 aromatic heterocycles. The summed E-state index contributed by atoms with van der Waals surface area (Å²) in [6.45, 7) is 0.614. The molecular formula is C10H13N3O2S. The lowest BCUT2D eigenvalue weighted by Gasteiger charge is -2.18. The average Bonchev–Trinajstić information content (AvgIpc) is 2.89. The highest BCUT2D eigenvalue weighted by atomic mass is 32.2. The Bertz CT molecular complexity index is 483. The second kappa shape index (κ2) is 4.28. The molecule has 6 heteroatoms. The highest BCUT2D eigenvalue weighted by Crippen LogP contribution is 2.31. The first-order valence-corrected chi connectivity index (χ1v) is 6.51. The van der Waals surface area contributed by atoms with Crippen LogP contribution in [0.2, 0.25) is 0 Å². The summed E-state index contributed by atoms with van der Waals surface area (Å²) in [6, 6.07) is 1.44. The van der Waals surface area contributed by atoms with Crippen LogP contribution < -0.4 is 0 Å². The number of rotatable bonds is 5. The van der Waals surface area contributed by atoms with Crippen LogP contribution in [0, 0.1) is 18.3 Å². The Labute approximate surface area is 94.9 Å². The maximum absolute atomic E-state index is 12.1. The van der Waals surface area contributed by atoms with Crippen LogP contribution in [0.3, 0.4) is 0 Å². The first-order chi connectivity index (χ1) is 7.64. The lowest BCUT2D eigenvalue weighted by atomic mass is 10.4. The van der Waals surface area contributed by atoms with Gasteiger partial charge >= 0.3 is 0 Å². The molecule has 0 aliphatic heterocycles. The van der Waals surface area contributed by atoms with E-state index in [1.807, 2.05) is 0 Å². The summed E-state index contributed by atoms with van der Waals surface area (Å²) < 4.78 is 25.5. The van der Waals surface area contributed by atoms with Crippen molar-refractivity contribution in [1.82, 2.24) is 14.5 Å². The lowest BCUT2D eigenvalue weighted by molar-refractivity contribution is 0.428. The minimum atomic E-state index is -3.50. The van der Waals surface area contributed by atoms with E-state index in [1.54, 1.807) is 0 Å². The molecule has 0 spiro atoms. The van der Waals surface area contributed by atoms with Crippen molar-refractivity contribution >= 4 is 10.0 Å². The van der Waals surface area contributed by atoms with Crippen LogP contribution in [0.25, 0.3) is 0 Å². The molecule has 1 aliphatic rings. The van der Waals surface area contributed by atoms with E-state index in [9.17, 15) is 8.42 Å². The van der Waals surface area contributed by atoms with Crippen LogP contribution in [-0.4, -0.2) is 36.0 Å². The van der Waals surface area contributed by atoms with Gasteiger partial charge in [-0.25, -0.2) is 8.42 Å². The smallest absolute Gasteiger partial charge is 0.260 e. The summed E-state index contributed by atoms with van der Waals surface area (Å²) in [7, 11) is -3.50. The molecule has 0 atom stereocenters. The molecule has 0 bridgehead atoms. The minimum Gasteiger partial charge on any atom is -0.266 e. The van der Waals surface area contributed by atoms with Crippen molar-refractivity contribution in [3.05, 3.63) is 12.3 Å². The Balaban J connectivity index is 2.21. The minimum absolute atomic E-state index is 0.100. The van der Waals surface area contributed by atoms with E-state index >= 15 is 0 Å². The predicted molar refractivity (Wildman–Crippen MR) is 58.9 cm³/mol. The van der Waals surface area contributed by atoms with Gasteiger partial charge in [0, 0.05) is 6.54 Å². The van der Waals surface area contributed by atoms with E-state index in [4.69, 9.17) is 6.42 Å². The fraction of sp³-hybridized carbons (Fsp3) is 0.500. The molecule has 0 saturated heterocycles. The molecule has 5 nitrogen and oxygen atoms in total. The molecule has 86 valence electrons. The van der Waals surface area contributed by atoms with Gasteiger partial charge in [0.05, 0.1) is 12.7 Å². The van der Waals surface area contributed by atoms with Crippen molar-refractivity contribution in [2.75, 3.05) is 13.1 Å². The van der Waals surface area contributed by atoms with Crippen molar-refractivity contribution in [3.63, 3.8) is 0 Å². The summed E-state index contributed by atoms with van der Waals surface area (Å²) in [5.41, 5.74) is 0. The molecule has 1 saturated carbocycles. The van der Waals surface area contributed by atoms with Gasteiger partial charge in [-0.3, -0.25) is 5.10 Å². The van der Waals surface area contributed by atoms with Gasteiger partial charge in [0.15, 0.2) is 5.03 Å². The molecule has 16 heavy (non-hydrogen) atoms. The van der Waals surface area contributed by atoms with Gasteiger partial charge in [-0.05, 0) is 24.8 Å². The van der Waals surface area contributed by atoms with Gasteiger partial charge in [0.25, 0.3) is 10.0 Å². The third-order valence-corrected chi connectivity index (χ3v) is 4.26. The Hall–Kier alpha value is -1.32. The molecule has 2 rings (SSSR count). The maximum atomic E-state index is 12.1. The molecule has 1 heterocycles. The van der Waals surface area contributed by atoms with Crippen LogP contribution in [0.15, 0.2) is 17.3 Å². The van der Waals surface area contributed by atoms with E-state index in [0.29, 0.717) is 12.5 Å². The van der Waals surface area contributed by atoms with Crippen LogP contribution >= 0.6 is 0 Å². The summed E-state index contributed by atoms with van der Waals surface area (Å²) in [5, 5.41) is 6.21.